The number of hydrogen-bond acceptors (Lipinski definition) is 3. The van der Waals surface area contributed by atoms with E-state index in [1.165, 1.54) is 17.4 Å². The van der Waals surface area contributed by atoms with Crippen LogP contribution in [0.15, 0.2) is 35.7 Å². The molecule has 0 aliphatic carbocycles. The van der Waals surface area contributed by atoms with Crippen LogP contribution in [0.4, 0.5) is 4.39 Å². The van der Waals surface area contributed by atoms with E-state index in [2.05, 4.69) is 0 Å². The first-order chi connectivity index (χ1) is 8.20. The monoisotopic (exact) mass is 250 g/mol. The first kappa shape index (κ1) is 11.8. The van der Waals surface area contributed by atoms with Gasteiger partial charge in [0.25, 0.3) is 0 Å². The molecule has 0 bridgehead atoms. The summed E-state index contributed by atoms with van der Waals surface area (Å²) in [6.07, 6.45) is 0.0797. The Morgan fingerprint density at radius 3 is 2.82 bits per heavy atom. The van der Waals surface area contributed by atoms with Crippen molar-refractivity contribution >= 4 is 17.1 Å². The molecule has 1 aromatic carbocycles. The normalized spacial score (nSPS) is 10.2. The summed E-state index contributed by atoms with van der Waals surface area (Å²) in [6.45, 7) is 0. The Bertz CT molecular complexity index is 534. The highest BCUT2D eigenvalue weighted by Gasteiger charge is 2.12. The maximum atomic E-state index is 13.4. The molecule has 88 valence electrons. The van der Waals surface area contributed by atoms with Crippen molar-refractivity contribution in [2.75, 3.05) is 7.11 Å². The summed E-state index contributed by atoms with van der Waals surface area (Å²) in [4.78, 5) is 12.5. The van der Waals surface area contributed by atoms with Crippen molar-refractivity contribution in [3.8, 4) is 5.75 Å². The molecule has 17 heavy (non-hydrogen) atoms. The minimum Gasteiger partial charge on any atom is -0.496 e. The zero-order valence-electron chi connectivity index (χ0n) is 9.27. The molecule has 4 heteroatoms. The van der Waals surface area contributed by atoms with Crippen LogP contribution in [0.5, 0.6) is 5.75 Å². The van der Waals surface area contributed by atoms with Crippen LogP contribution >= 0.6 is 11.3 Å². The summed E-state index contributed by atoms with van der Waals surface area (Å²) in [7, 11) is 1.55. The summed E-state index contributed by atoms with van der Waals surface area (Å²) < 4.78 is 18.4. The first-order valence-electron chi connectivity index (χ1n) is 5.10. The van der Waals surface area contributed by atoms with Crippen molar-refractivity contribution < 1.29 is 13.9 Å². The van der Waals surface area contributed by atoms with Gasteiger partial charge in [-0.3, -0.25) is 4.79 Å². The lowest BCUT2D eigenvalue weighted by Gasteiger charge is -2.00. The van der Waals surface area contributed by atoms with Gasteiger partial charge in [0.15, 0.2) is 5.78 Å². The number of thiophene rings is 1. The van der Waals surface area contributed by atoms with Crippen LogP contribution < -0.4 is 4.74 Å². The average Bonchev–Trinajstić information content (AvgIpc) is 2.81. The van der Waals surface area contributed by atoms with Crippen molar-refractivity contribution in [2.45, 2.75) is 6.42 Å². The Hall–Kier alpha value is -1.68. The van der Waals surface area contributed by atoms with Crippen LogP contribution in [-0.2, 0) is 6.42 Å². The van der Waals surface area contributed by atoms with E-state index in [0.717, 1.165) is 0 Å². The van der Waals surface area contributed by atoms with E-state index in [0.29, 0.717) is 16.2 Å². The zero-order valence-corrected chi connectivity index (χ0v) is 10.1. The van der Waals surface area contributed by atoms with E-state index >= 15 is 0 Å². The van der Waals surface area contributed by atoms with Crippen molar-refractivity contribution in [1.29, 1.82) is 0 Å². The van der Waals surface area contributed by atoms with Gasteiger partial charge >= 0.3 is 0 Å². The zero-order chi connectivity index (χ0) is 12.3. The van der Waals surface area contributed by atoms with Gasteiger partial charge in [0.2, 0.25) is 0 Å². The molecular formula is C13H11FO2S. The number of ketones is 1. The number of benzene rings is 1. The minimum absolute atomic E-state index is 0.0797. The molecule has 0 N–H and O–H groups in total. The van der Waals surface area contributed by atoms with Crippen molar-refractivity contribution in [3.63, 3.8) is 0 Å². The van der Waals surface area contributed by atoms with E-state index in [9.17, 15) is 9.18 Å². The molecule has 0 aliphatic heterocycles. The van der Waals surface area contributed by atoms with E-state index in [-0.39, 0.29) is 18.0 Å². The third-order valence-corrected chi connectivity index (χ3v) is 3.34. The SMILES string of the molecule is COc1csc(C(=O)Cc2ccccc2F)c1. The number of carbonyl (C=O) groups excluding carboxylic acids is 1. The van der Waals surface area contributed by atoms with Gasteiger partial charge in [-0.25, -0.2) is 4.39 Å². The number of hydrogen-bond donors (Lipinski definition) is 0. The summed E-state index contributed by atoms with van der Waals surface area (Å²) in [5, 5.41) is 1.76. The quantitative estimate of drug-likeness (QED) is 0.778. The fourth-order valence-corrected chi connectivity index (χ4v) is 2.27. The molecule has 0 unspecified atom stereocenters. The number of rotatable bonds is 4. The lowest BCUT2D eigenvalue weighted by molar-refractivity contribution is 0.0995. The van der Waals surface area contributed by atoms with Gasteiger partial charge in [-0.05, 0) is 11.6 Å². The Balaban J connectivity index is 2.14. The van der Waals surface area contributed by atoms with Crippen molar-refractivity contribution in [3.05, 3.63) is 52.0 Å². The third kappa shape index (κ3) is 2.71. The predicted octanol–water partition coefficient (Wildman–Crippen LogP) is 3.32. The maximum Gasteiger partial charge on any atom is 0.177 e. The number of methoxy groups -OCH3 is 1. The molecule has 2 aromatic rings. The lowest BCUT2D eigenvalue weighted by Crippen LogP contribution is -2.03. The molecular weight excluding hydrogens is 239 g/mol. The first-order valence-corrected chi connectivity index (χ1v) is 5.98. The molecule has 0 saturated heterocycles. The number of ether oxygens (including phenoxy) is 1. The van der Waals surface area contributed by atoms with E-state index in [4.69, 9.17) is 4.74 Å². The fraction of sp³-hybridized carbons (Fsp3) is 0.154. The molecule has 0 atom stereocenters. The Kier molecular flexibility index (Phi) is 3.54. The summed E-state index contributed by atoms with van der Waals surface area (Å²) in [5.74, 6) is 0.222. The van der Waals surface area contributed by atoms with Crippen LogP contribution in [0, 0.1) is 5.82 Å². The second-order valence-electron chi connectivity index (χ2n) is 3.54. The summed E-state index contributed by atoms with van der Waals surface area (Å²) >= 11 is 1.31. The smallest absolute Gasteiger partial charge is 0.177 e. The van der Waals surface area contributed by atoms with Gasteiger partial charge in [-0.1, -0.05) is 18.2 Å². The molecule has 1 aromatic heterocycles. The highest BCUT2D eigenvalue weighted by molar-refractivity contribution is 7.12. The van der Waals surface area contributed by atoms with Crippen LogP contribution in [0.25, 0.3) is 0 Å². The Labute approximate surface area is 103 Å². The largest absolute Gasteiger partial charge is 0.496 e. The number of Topliss-reactive ketones (excluding diaryl/α,β-unsaturated/α-hetero) is 1. The topological polar surface area (TPSA) is 26.3 Å². The fourth-order valence-electron chi connectivity index (χ4n) is 1.47. The molecule has 0 saturated carbocycles. The van der Waals surface area contributed by atoms with Gasteiger partial charge in [-0.2, -0.15) is 0 Å². The minimum atomic E-state index is -0.343. The average molecular weight is 250 g/mol. The molecule has 0 fully saturated rings. The molecule has 2 rings (SSSR count). The van der Waals surface area contributed by atoms with Crippen molar-refractivity contribution in [1.82, 2.24) is 0 Å². The van der Waals surface area contributed by atoms with Crippen LogP contribution in [-0.4, -0.2) is 12.9 Å². The molecule has 0 radical (unpaired) electrons. The second-order valence-corrected chi connectivity index (χ2v) is 4.45. The highest BCUT2D eigenvalue weighted by atomic mass is 32.1. The standard InChI is InChI=1S/C13H11FO2S/c1-16-10-7-13(17-8-10)12(15)6-9-4-2-3-5-11(9)14/h2-5,7-8H,6H2,1H3. The van der Waals surface area contributed by atoms with Gasteiger partial charge in [0.1, 0.15) is 11.6 Å². The highest BCUT2D eigenvalue weighted by Crippen LogP contribution is 2.23. The van der Waals surface area contributed by atoms with Gasteiger partial charge in [0.05, 0.1) is 12.0 Å². The van der Waals surface area contributed by atoms with Crippen LogP contribution in [0.1, 0.15) is 15.2 Å². The third-order valence-electron chi connectivity index (χ3n) is 2.39. The van der Waals surface area contributed by atoms with Gasteiger partial charge < -0.3 is 4.74 Å². The van der Waals surface area contributed by atoms with Crippen LogP contribution in [0.2, 0.25) is 0 Å². The van der Waals surface area contributed by atoms with E-state index < -0.39 is 0 Å². The summed E-state index contributed by atoms with van der Waals surface area (Å²) in [6, 6.07) is 7.99. The Morgan fingerprint density at radius 2 is 2.18 bits per heavy atom. The molecule has 0 amide bonds. The molecule has 0 spiro atoms. The van der Waals surface area contributed by atoms with Gasteiger partial charge in [-0.15, -0.1) is 11.3 Å². The number of carbonyl (C=O) groups is 1. The second kappa shape index (κ2) is 5.10. The Morgan fingerprint density at radius 1 is 1.41 bits per heavy atom. The van der Waals surface area contributed by atoms with Crippen LogP contribution in [0.3, 0.4) is 0 Å². The van der Waals surface area contributed by atoms with E-state index in [1.54, 1.807) is 36.8 Å². The van der Waals surface area contributed by atoms with Gasteiger partial charge in [0, 0.05) is 17.9 Å². The predicted molar refractivity (Wildman–Crippen MR) is 65.3 cm³/mol. The van der Waals surface area contributed by atoms with Crippen molar-refractivity contribution in [2.24, 2.45) is 0 Å². The maximum absolute atomic E-state index is 13.4. The molecule has 1 heterocycles. The molecule has 2 nitrogen and oxygen atoms in total. The van der Waals surface area contributed by atoms with E-state index in [1.807, 2.05) is 0 Å². The number of halogens is 1. The lowest BCUT2D eigenvalue weighted by atomic mass is 10.1. The molecule has 0 aliphatic rings. The summed E-state index contributed by atoms with van der Waals surface area (Å²) in [5.41, 5.74) is 0.421.